The second-order valence-electron chi connectivity index (χ2n) is 5.02. The summed E-state index contributed by atoms with van der Waals surface area (Å²) in [5.74, 6) is 0. The zero-order valence-electron chi connectivity index (χ0n) is 11.1. The van der Waals surface area contributed by atoms with E-state index in [4.69, 9.17) is 0 Å². The number of piperazine rings is 1. The Morgan fingerprint density at radius 2 is 2.00 bits per heavy atom. The van der Waals surface area contributed by atoms with Crippen LogP contribution in [0.25, 0.3) is 0 Å². The summed E-state index contributed by atoms with van der Waals surface area (Å²) in [6.45, 7) is 9.59. The summed E-state index contributed by atoms with van der Waals surface area (Å²) in [4.78, 5) is 6.62. The van der Waals surface area contributed by atoms with E-state index in [1.54, 1.807) is 0 Å². The van der Waals surface area contributed by atoms with Gasteiger partial charge in [-0.15, -0.1) is 0 Å². The van der Waals surface area contributed by atoms with E-state index in [1.807, 2.05) is 12.5 Å². The van der Waals surface area contributed by atoms with Gasteiger partial charge < -0.3 is 15.2 Å². The molecular formula is C12H23N5. The van der Waals surface area contributed by atoms with Gasteiger partial charge in [0.05, 0.1) is 11.9 Å². The Morgan fingerprint density at radius 3 is 2.65 bits per heavy atom. The van der Waals surface area contributed by atoms with Gasteiger partial charge in [0, 0.05) is 38.8 Å². The Bertz CT molecular complexity index is 338. The van der Waals surface area contributed by atoms with Gasteiger partial charge in [0.2, 0.25) is 0 Å². The second kappa shape index (κ2) is 5.51. The van der Waals surface area contributed by atoms with E-state index < -0.39 is 0 Å². The first kappa shape index (κ1) is 12.4. The minimum atomic E-state index is 0.505. The molecular weight excluding hydrogens is 214 g/mol. The van der Waals surface area contributed by atoms with Crippen LogP contribution < -0.4 is 10.3 Å². The van der Waals surface area contributed by atoms with Crippen LogP contribution in [-0.4, -0.2) is 53.8 Å². The van der Waals surface area contributed by atoms with Crippen LogP contribution in [0.1, 0.15) is 19.5 Å². The van der Waals surface area contributed by atoms with E-state index >= 15 is 0 Å². The molecule has 0 aromatic carbocycles. The molecule has 5 heteroatoms. The second-order valence-corrected chi connectivity index (χ2v) is 5.02. The first-order valence-electron chi connectivity index (χ1n) is 6.35. The molecule has 0 atom stereocenters. The highest BCUT2D eigenvalue weighted by Crippen LogP contribution is 2.04. The largest absolute Gasteiger partial charge is 0.309 e. The van der Waals surface area contributed by atoms with Crippen LogP contribution >= 0.6 is 0 Å². The number of rotatable bonds is 4. The van der Waals surface area contributed by atoms with Crippen molar-refractivity contribution in [3.63, 3.8) is 0 Å². The van der Waals surface area contributed by atoms with E-state index in [0.717, 1.165) is 32.7 Å². The Hall–Kier alpha value is -1.07. The average Bonchev–Trinajstić information content (AvgIpc) is 2.75. The van der Waals surface area contributed by atoms with Gasteiger partial charge >= 0.3 is 0 Å². The van der Waals surface area contributed by atoms with Crippen molar-refractivity contribution in [2.45, 2.75) is 26.4 Å². The van der Waals surface area contributed by atoms with Crippen molar-refractivity contribution < 1.29 is 0 Å². The van der Waals surface area contributed by atoms with E-state index in [1.165, 1.54) is 5.69 Å². The lowest BCUT2D eigenvalue weighted by molar-refractivity contribution is 0.285. The number of nitrogens with zero attached hydrogens (tertiary/aromatic N) is 4. The molecule has 0 bridgehead atoms. The van der Waals surface area contributed by atoms with Crippen molar-refractivity contribution in [2.75, 3.05) is 38.2 Å². The van der Waals surface area contributed by atoms with Crippen molar-refractivity contribution >= 4 is 0 Å². The van der Waals surface area contributed by atoms with Crippen molar-refractivity contribution in [3.8, 4) is 0 Å². The summed E-state index contributed by atoms with van der Waals surface area (Å²) in [5.41, 5.74) is 1.24. The van der Waals surface area contributed by atoms with Gasteiger partial charge in [0.1, 0.15) is 6.33 Å². The highest BCUT2D eigenvalue weighted by atomic mass is 15.6. The van der Waals surface area contributed by atoms with E-state index in [2.05, 4.69) is 45.8 Å². The molecule has 0 saturated carbocycles. The lowest BCUT2D eigenvalue weighted by atomic mass is 10.3. The summed E-state index contributed by atoms with van der Waals surface area (Å²) >= 11 is 0. The fourth-order valence-corrected chi connectivity index (χ4v) is 2.02. The molecule has 96 valence electrons. The molecule has 5 nitrogen and oxygen atoms in total. The molecule has 0 spiro atoms. The number of imidazole rings is 1. The Morgan fingerprint density at radius 1 is 1.29 bits per heavy atom. The van der Waals surface area contributed by atoms with Crippen molar-refractivity contribution in [3.05, 3.63) is 18.2 Å². The molecule has 1 aliphatic heterocycles. The maximum absolute atomic E-state index is 4.26. The summed E-state index contributed by atoms with van der Waals surface area (Å²) in [7, 11) is 2.17. The fourth-order valence-electron chi connectivity index (χ4n) is 2.02. The summed E-state index contributed by atoms with van der Waals surface area (Å²) in [6.07, 6.45) is 3.87. The van der Waals surface area contributed by atoms with E-state index in [0.29, 0.717) is 6.04 Å². The van der Waals surface area contributed by atoms with Gasteiger partial charge in [-0.25, -0.2) is 9.66 Å². The lowest BCUT2D eigenvalue weighted by Gasteiger charge is -2.35. The Labute approximate surface area is 103 Å². The van der Waals surface area contributed by atoms with Gasteiger partial charge in [-0.05, 0) is 7.05 Å². The zero-order chi connectivity index (χ0) is 12.3. The van der Waals surface area contributed by atoms with Crippen molar-refractivity contribution in [1.82, 2.24) is 19.9 Å². The Balaban J connectivity index is 1.98. The average molecular weight is 237 g/mol. The number of aromatic nitrogens is 2. The molecule has 0 aliphatic carbocycles. The van der Waals surface area contributed by atoms with E-state index in [9.17, 15) is 0 Å². The third kappa shape index (κ3) is 3.20. The first-order chi connectivity index (χ1) is 8.16. The lowest BCUT2D eigenvalue weighted by Crippen LogP contribution is -2.50. The molecule has 17 heavy (non-hydrogen) atoms. The van der Waals surface area contributed by atoms with Gasteiger partial charge in [0.25, 0.3) is 0 Å². The molecule has 0 amide bonds. The Kier molecular flexibility index (Phi) is 4.02. The highest BCUT2D eigenvalue weighted by Gasteiger charge is 2.16. The minimum Gasteiger partial charge on any atom is -0.309 e. The molecule has 0 radical (unpaired) electrons. The molecule has 2 heterocycles. The van der Waals surface area contributed by atoms with Gasteiger partial charge in [-0.2, -0.15) is 0 Å². The van der Waals surface area contributed by atoms with Gasteiger partial charge in [-0.1, -0.05) is 13.8 Å². The predicted molar refractivity (Wildman–Crippen MR) is 69.7 cm³/mol. The number of hydrogen-bond donors (Lipinski definition) is 1. The highest BCUT2D eigenvalue weighted by molar-refractivity contribution is 5.05. The smallest absolute Gasteiger partial charge is 0.114 e. The van der Waals surface area contributed by atoms with Crippen LogP contribution in [0.5, 0.6) is 0 Å². The van der Waals surface area contributed by atoms with Crippen LogP contribution in [0.3, 0.4) is 0 Å². The predicted octanol–water partition coefficient (Wildman–Crippen LogP) is 0.265. The molecule has 0 unspecified atom stereocenters. The zero-order valence-corrected chi connectivity index (χ0v) is 11.1. The number of likely N-dealkylation sites (N-methyl/N-ethyl adjacent to an activating group) is 1. The van der Waals surface area contributed by atoms with Gasteiger partial charge in [-0.3, -0.25) is 0 Å². The standard InChI is InChI=1S/C12H23N5/c1-11(2)14-9-12-8-13-10-17(12)16-6-4-15(3)5-7-16/h8,10-11,14H,4-7,9H2,1-3H3. The van der Waals surface area contributed by atoms with Crippen LogP contribution in [0.2, 0.25) is 0 Å². The van der Waals surface area contributed by atoms with Crippen LogP contribution in [0.4, 0.5) is 0 Å². The fraction of sp³-hybridized carbons (Fsp3) is 0.750. The van der Waals surface area contributed by atoms with E-state index in [-0.39, 0.29) is 0 Å². The minimum absolute atomic E-state index is 0.505. The van der Waals surface area contributed by atoms with Crippen LogP contribution in [0.15, 0.2) is 12.5 Å². The normalized spacial score (nSPS) is 18.0. The van der Waals surface area contributed by atoms with Crippen LogP contribution in [-0.2, 0) is 6.54 Å². The molecule has 1 fully saturated rings. The molecule has 2 rings (SSSR count). The van der Waals surface area contributed by atoms with Crippen molar-refractivity contribution in [1.29, 1.82) is 0 Å². The topological polar surface area (TPSA) is 36.3 Å². The number of nitrogens with one attached hydrogen (secondary N) is 1. The van der Waals surface area contributed by atoms with Crippen molar-refractivity contribution in [2.24, 2.45) is 0 Å². The number of hydrogen-bond acceptors (Lipinski definition) is 4. The molecule has 1 aromatic rings. The summed E-state index contributed by atoms with van der Waals surface area (Å²) in [5, 5.41) is 5.80. The molecule has 1 saturated heterocycles. The molecule has 1 aromatic heterocycles. The summed E-state index contributed by atoms with van der Waals surface area (Å²) < 4.78 is 2.20. The van der Waals surface area contributed by atoms with Gasteiger partial charge in [0.15, 0.2) is 0 Å². The maximum Gasteiger partial charge on any atom is 0.114 e. The SMILES string of the molecule is CC(C)NCc1cncn1N1CCN(C)CC1. The monoisotopic (exact) mass is 237 g/mol. The quantitative estimate of drug-likeness (QED) is 0.815. The maximum atomic E-state index is 4.26. The first-order valence-corrected chi connectivity index (χ1v) is 6.35. The third-order valence-electron chi connectivity index (χ3n) is 3.17. The van der Waals surface area contributed by atoms with Crippen LogP contribution in [0, 0.1) is 0 Å². The molecule has 1 N–H and O–H groups in total. The third-order valence-corrected chi connectivity index (χ3v) is 3.17. The summed E-state index contributed by atoms with van der Waals surface area (Å²) in [6, 6.07) is 0.505. The molecule has 1 aliphatic rings.